The van der Waals surface area contributed by atoms with Crippen molar-refractivity contribution in [2.75, 3.05) is 11.4 Å². The van der Waals surface area contributed by atoms with Gasteiger partial charge in [-0.15, -0.1) is 0 Å². The third kappa shape index (κ3) is 4.08. The average Bonchev–Trinajstić information content (AvgIpc) is 3.09. The number of aryl methyl sites for hydroxylation is 1. The molecule has 3 rings (SSSR count). The highest BCUT2D eigenvalue weighted by atomic mass is 16.5. The van der Waals surface area contributed by atoms with Gasteiger partial charge in [-0.1, -0.05) is 55.5 Å². The van der Waals surface area contributed by atoms with E-state index in [1.54, 1.807) is 36.1 Å². The summed E-state index contributed by atoms with van der Waals surface area (Å²) >= 11 is 0. The molecule has 2 aromatic carbocycles. The Morgan fingerprint density at radius 2 is 1.78 bits per heavy atom. The third-order valence-electron chi connectivity index (χ3n) is 4.84. The monoisotopic (exact) mass is 365 g/mol. The van der Waals surface area contributed by atoms with Crippen molar-refractivity contribution in [3.63, 3.8) is 0 Å². The first-order valence-electron chi connectivity index (χ1n) is 9.19. The Morgan fingerprint density at radius 1 is 1.11 bits per heavy atom. The van der Waals surface area contributed by atoms with Crippen molar-refractivity contribution in [2.45, 2.75) is 32.8 Å². The zero-order valence-corrected chi connectivity index (χ0v) is 15.6. The number of rotatable bonds is 6. The maximum absolute atomic E-state index is 12.5. The van der Waals surface area contributed by atoms with Crippen LogP contribution in [-0.2, 0) is 20.7 Å². The Balaban J connectivity index is 1.66. The van der Waals surface area contributed by atoms with Crippen LogP contribution in [0.15, 0.2) is 54.6 Å². The topological polar surface area (TPSA) is 63.7 Å². The minimum Gasteiger partial charge on any atom is -0.454 e. The standard InChI is InChI=1S/C22H23NO4/c1-3-16-9-7-8-12-19(16)23-14-18(13-20(23)24)22(26)27-15(2)21(25)17-10-5-4-6-11-17/h4-12,15,18H,3,13-14H2,1-2H3/t15-,18-/m0/s1. The van der Waals surface area contributed by atoms with Crippen LogP contribution in [-0.4, -0.2) is 30.3 Å². The van der Waals surface area contributed by atoms with Crippen LogP contribution < -0.4 is 4.90 Å². The molecule has 5 nitrogen and oxygen atoms in total. The summed E-state index contributed by atoms with van der Waals surface area (Å²) in [5.41, 5.74) is 2.40. The van der Waals surface area contributed by atoms with Crippen molar-refractivity contribution in [3.05, 3.63) is 65.7 Å². The summed E-state index contributed by atoms with van der Waals surface area (Å²) in [6, 6.07) is 16.4. The van der Waals surface area contributed by atoms with E-state index in [-0.39, 0.29) is 24.7 Å². The molecule has 1 amide bonds. The van der Waals surface area contributed by atoms with Crippen molar-refractivity contribution < 1.29 is 19.1 Å². The molecule has 0 bridgehead atoms. The van der Waals surface area contributed by atoms with Gasteiger partial charge in [0.05, 0.1) is 5.92 Å². The minimum absolute atomic E-state index is 0.0973. The number of ketones is 1. The van der Waals surface area contributed by atoms with Gasteiger partial charge in [0, 0.05) is 24.2 Å². The molecule has 2 atom stereocenters. The predicted molar refractivity (Wildman–Crippen MR) is 103 cm³/mol. The highest BCUT2D eigenvalue weighted by molar-refractivity contribution is 6.02. The van der Waals surface area contributed by atoms with Gasteiger partial charge in [0.1, 0.15) is 0 Å². The Kier molecular flexibility index (Phi) is 5.69. The molecule has 5 heteroatoms. The van der Waals surface area contributed by atoms with E-state index in [0.717, 1.165) is 17.7 Å². The number of carbonyl (C=O) groups excluding carboxylic acids is 3. The van der Waals surface area contributed by atoms with Crippen molar-refractivity contribution in [1.29, 1.82) is 0 Å². The smallest absolute Gasteiger partial charge is 0.312 e. The van der Waals surface area contributed by atoms with Crippen molar-refractivity contribution in [1.82, 2.24) is 0 Å². The quantitative estimate of drug-likeness (QED) is 0.581. The Labute approximate surface area is 158 Å². The van der Waals surface area contributed by atoms with E-state index in [2.05, 4.69) is 0 Å². The summed E-state index contributed by atoms with van der Waals surface area (Å²) in [6.07, 6.45) is 0.0212. The van der Waals surface area contributed by atoms with E-state index < -0.39 is 18.0 Å². The third-order valence-corrected chi connectivity index (χ3v) is 4.84. The number of hydrogen-bond acceptors (Lipinski definition) is 4. The first-order chi connectivity index (χ1) is 13.0. The van der Waals surface area contributed by atoms with E-state index in [9.17, 15) is 14.4 Å². The molecule has 0 aliphatic carbocycles. The van der Waals surface area contributed by atoms with E-state index in [1.165, 1.54) is 0 Å². The van der Waals surface area contributed by atoms with Crippen LogP contribution in [0.5, 0.6) is 0 Å². The molecule has 1 heterocycles. The number of ether oxygens (including phenoxy) is 1. The summed E-state index contributed by atoms with van der Waals surface area (Å²) in [7, 11) is 0. The molecule has 1 aliphatic heterocycles. The maximum atomic E-state index is 12.5. The number of esters is 1. The molecular weight excluding hydrogens is 342 g/mol. The number of carbonyl (C=O) groups is 3. The number of para-hydroxylation sites is 1. The van der Waals surface area contributed by atoms with E-state index in [1.807, 2.05) is 37.3 Å². The first-order valence-corrected chi connectivity index (χ1v) is 9.19. The molecule has 0 radical (unpaired) electrons. The summed E-state index contributed by atoms with van der Waals surface area (Å²) in [5, 5.41) is 0. The molecular formula is C22H23NO4. The minimum atomic E-state index is -0.882. The van der Waals surface area contributed by atoms with Gasteiger partial charge in [-0.25, -0.2) is 0 Å². The number of anilines is 1. The fourth-order valence-electron chi connectivity index (χ4n) is 3.33. The van der Waals surface area contributed by atoms with Crippen LogP contribution in [0.25, 0.3) is 0 Å². The Bertz CT molecular complexity index is 846. The van der Waals surface area contributed by atoms with Gasteiger partial charge in [0.2, 0.25) is 11.7 Å². The average molecular weight is 365 g/mol. The molecule has 140 valence electrons. The predicted octanol–water partition coefficient (Wildman–Crippen LogP) is 3.42. The molecule has 1 fully saturated rings. The van der Waals surface area contributed by atoms with Crippen molar-refractivity contribution in [2.24, 2.45) is 5.92 Å². The number of amides is 1. The van der Waals surface area contributed by atoms with Crippen LogP contribution in [0.2, 0.25) is 0 Å². The lowest BCUT2D eigenvalue weighted by Gasteiger charge is -2.20. The fraction of sp³-hybridized carbons (Fsp3) is 0.318. The van der Waals surface area contributed by atoms with Gasteiger partial charge >= 0.3 is 5.97 Å². The van der Waals surface area contributed by atoms with Crippen LogP contribution in [0.3, 0.4) is 0 Å². The van der Waals surface area contributed by atoms with Gasteiger partial charge in [-0.05, 0) is 25.0 Å². The molecule has 1 saturated heterocycles. The molecule has 0 spiro atoms. The zero-order chi connectivity index (χ0) is 19.4. The second-order valence-electron chi connectivity index (χ2n) is 6.70. The molecule has 0 N–H and O–H groups in total. The first kappa shape index (κ1) is 18.8. The molecule has 0 saturated carbocycles. The summed E-state index contributed by atoms with van der Waals surface area (Å²) < 4.78 is 5.37. The van der Waals surface area contributed by atoms with E-state index >= 15 is 0 Å². The zero-order valence-electron chi connectivity index (χ0n) is 15.6. The Morgan fingerprint density at radius 3 is 2.48 bits per heavy atom. The molecule has 0 unspecified atom stereocenters. The lowest BCUT2D eigenvalue weighted by molar-refractivity contribution is -0.151. The van der Waals surface area contributed by atoms with Crippen molar-refractivity contribution in [3.8, 4) is 0 Å². The van der Waals surface area contributed by atoms with Gasteiger partial charge in [-0.2, -0.15) is 0 Å². The normalized spacial score (nSPS) is 17.6. The Hall–Kier alpha value is -2.95. The molecule has 27 heavy (non-hydrogen) atoms. The SMILES string of the molecule is CCc1ccccc1N1C[C@@H](C(=O)O[C@@H](C)C(=O)c2ccccc2)CC1=O. The van der Waals surface area contributed by atoms with Crippen LogP contribution in [0.1, 0.15) is 36.2 Å². The largest absolute Gasteiger partial charge is 0.454 e. The second kappa shape index (κ2) is 8.16. The second-order valence-corrected chi connectivity index (χ2v) is 6.70. The van der Waals surface area contributed by atoms with Gasteiger partial charge in [0.25, 0.3) is 0 Å². The summed E-state index contributed by atoms with van der Waals surface area (Å²) in [5.74, 6) is -1.41. The molecule has 1 aliphatic rings. The fourth-order valence-corrected chi connectivity index (χ4v) is 3.33. The van der Waals surface area contributed by atoms with Crippen LogP contribution in [0, 0.1) is 5.92 Å². The number of Topliss-reactive ketones (excluding diaryl/α,β-unsaturated/α-hetero) is 1. The maximum Gasteiger partial charge on any atom is 0.312 e. The lowest BCUT2D eigenvalue weighted by atomic mass is 10.1. The highest BCUT2D eigenvalue weighted by Gasteiger charge is 2.37. The number of hydrogen-bond donors (Lipinski definition) is 0. The van der Waals surface area contributed by atoms with Crippen LogP contribution >= 0.6 is 0 Å². The van der Waals surface area contributed by atoms with E-state index in [4.69, 9.17) is 4.74 Å². The summed E-state index contributed by atoms with van der Waals surface area (Å²) in [4.78, 5) is 39.0. The molecule has 2 aromatic rings. The van der Waals surface area contributed by atoms with Gasteiger partial charge in [-0.3, -0.25) is 14.4 Å². The molecule has 0 aromatic heterocycles. The van der Waals surface area contributed by atoms with Crippen molar-refractivity contribution >= 4 is 23.3 Å². The van der Waals surface area contributed by atoms with Gasteiger partial charge in [0.15, 0.2) is 6.10 Å². The highest BCUT2D eigenvalue weighted by Crippen LogP contribution is 2.29. The lowest BCUT2D eigenvalue weighted by Crippen LogP contribution is -2.30. The van der Waals surface area contributed by atoms with Gasteiger partial charge < -0.3 is 9.64 Å². The number of benzene rings is 2. The number of nitrogens with zero attached hydrogens (tertiary/aromatic N) is 1. The van der Waals surface area contributed by atoms with E-state index in [0.29, 0.717) is 5.56 Å². The summed E-state index contributed by atoms with van der Waals surface area (Å²) in [6.45, 7) is 3.87. The van der Waals surface area contributed by atoms with Crippen LogP contribution in [0.4, 0.5) is 5.69 Å².